The van der Waals surface area contributed by atoms with Crippen LogP contribution in [0.15, 0.2) is 73.6 Å². The SMILES string of the molecule is Cn1cc(NC(=O)c2nc(NC(=O)CCNC(=O)c3cc(NC(=O)c4nccn4C)cn3C)cn2C)cc1C(=O)NCCC(=O)Nc1cn(C)c(C(=O)NCCOCCOc2ccc(N)cc2)n1. The minimum atomic E-state index is -0.621. The van der Waals surface area contributed by atoms with Gasteiger partial charge in [0.2, 0.25) is 23.5 Å². The van der Waals surface area contributed by atoms with Crippen molar-refractivity contribution in [3.8, 4) is 5.75 Å². The number of hydrogen-bond donors (Lipinski definition) is 8. The number of aryl methyl sites for hydroxylation is 5. The van der Waals surface area contributed by atoms with Crippen molar-refractivity contribution in [1.82, 2.24) is 53.7 Å². The molecule has 0 radical (unpaired) electrons. The maximum absolute atomic E-state index is 13.2. The van der Waals surface area contributed by atoms with Crippen LogP contribution in [-0.4, -0.2) is 119 Å². The lowest BCUT2D eigenvalue weighted by molar-refractivity contribution is -0.116. The van der Waals surface area contributed by atoms with E-state index in [-0.39, 0.29) is 85.3 Å². The number of nitrogen functional groups attached to an aromatic ring is 1. The Morgan fingerprint density at radius 1 is 0.544 bits per heavy atom. The maximum atomic E-state index is 13.2. The number of hydrogen-bond acceptors (Lipinski definition) is 13. The standard InChI is InChI=1S/C43H52N16O9/c1-55-16-14-45-36(55)42(65)49-27-20-30(56(2)22-27)39(62)46-13-11-35(61)52-33-25-59(5)38(54-33)43(66)50-28-21-31(57(3)23-28)40(63)47-12-10-34(60)51-32-24-58(4)37(53-32)41(64)48-15-17-67-18-19-68-29-8-6-26(44)7-9-29/h6-9,14,16,20-25H,10-13,15,17-19,44H2,1-5H3,(H,46,62)(H,47,63)(H,48,64)(H,49,65)(H,50,66)(H,51,60)(H,52,61). The quantitative estimate of drug-likeness (QED) is 0.0349. The molecule has 0 saturated heterocycles. The van der Waals surface area contributed by atoms with Gasteiger partial charge in [-0.1, -0.05) is 0 Å². The Hall–Kier alpha value is -8.74. The third-order valence-corrected chi connectivity index (χ3v) is 9.89. The first-order valence-electron chi connectivity index (χ1n) is 21.0. The average Bonchev–Trinajstić information content (AvgIpc) is 4.13. The van der Waals surface area contributed by atoms with Gasteiger partial charge in [0.1, 0.15) is 23.7 Å². The van der Waals surface area contributed by atoms with Crippen LogP contribution in [0.3, 0.4) is 0 Å². The molecule has 9 N–H and O–H groups in total. The van der Waals surface area contributed by atoms with Gasteiger partial charge in [0.15, 0.2) is 17.5 Å². The van der Waals surface area contributed by atoms with Crippen molar-refractivity contribution in [2.45, 2.75) is 12.8 Å². The lowest BCUT2D eigenvalue weighted by atomic mass is 10.3. The van der Waals surface area contributed by atoms with Crippen molar-refractivity contribution < 1.29 is 43.0 Å². The molecule has 0 aliphatic carbocycles. The first-order valence-corrected chi connectivity index (χ1v) is 21.0. The van der Waals surface area contributed by atoms with Gasteiger partial charge in [-0.25, -0.2) is 15.0 Å². The van der Waals surface area contributed by atoms with Gasteiger partial charge in [0.25, 0.3) is 29.5 Å². The summed E-state index contributed by atoms with van der Waals surface area (Å²) in [6.07, 6.45) is 8.96. The van der Waals surface area contributed by atoms with Gasteiger partial charge in [0.05, 0.1) is 24.6 Å². The van der Waals surface area contributed by atoms with Gasteiger partial charge in [-0.3, -0.25) is 33.6 Å². The summed E-state index contributed by atoms with van der Waals surface area (Å²) >= 11 is 0. The molecular formula is C43H52N16O9. The van der Waals surface area contributed by atoms with Crippen LogP contribution in [-0.2, 0) is 49.6 Å². The molecule has 25 nitrogen and oxygen atoms in total. The predicted molar refractivity (Wildman–Crippen MR) is 247 cm³/mol. The fourth-order valence-electron chi connectivity index (χ4n) is 6.52. The molecular weight excluding hydrogens is 885 g/mol. The molecule has 0 atom stereocenters. The summed E-state index contributed by atoms with van der Waals surface area (Å²) in [4.78, 5) is 102. The number of nitrogens with two attached hydrogens (primary N) is 1. The number of carbonyl (C=O) groups is 7. The molecule has 0 aliphatic rings. The summed E-state index contributed by atoms with van der Waals surface area (Å²) in [5, 5.41) is 18.7. The summed E-state index contributed by atoms with van der Waals surface area (Å²) in [5.74, 6) is -2.25. The zero-order chi connectivity index (χ0) is 48.9. The highest BCUT2D eigenvalue weighted by atomic mass is 16.5. The molecule has 6 aromatic rings. The molecule has 0 spiro atoms. The van der Waals surface area contributed by atoms with Crippen LogP contribution >= 0.6 is 0 Å². The van der Waals surface area contributed by atoms with Gasteiger partial charge in [-0.15, -0.1) is 0 Å². The van der Waals surface area contributed by atoms with Gasteiger partial charge in [-0.2, -0.15) is 0 Å². The number of imidazole rings is 3. The molecule has 0 fully saturated rings. The Morgan fingerprint density at radius 2 is 1.04 bits per heavy atom. The number of anilines is 5. The van der Waals surface area contributed by atoms with E-state index < -0.39 is 41.4 Å². The Labute approximate surface area is 388 Å². The van der Waals surface area contributed by atoms with E-state index in [1.807, 2.05) is 0 Å². The number of ether oxygens (including phenoxy) is 2. The van der Waals surface area contributed by atoms with Crippen molar-refractivity contribution in [2.24, 2.45) is 35.2 Å². The molecule has 7 amide bonds. The average molecular weight is 937 g/mol. The normalized spacial score (nSPS) is 10.8. The van der Waals surface area contributed by atoms with Crippen LogP contribution in [0.4, 0.5) is 28.7 Å². The van der Waals surface area contributed by atoms with E-state index in [4.69, 9.17) is 15.2 Å². The lowest BCUT2D eigenvalue weighted by Gasteiger charge is -2.08. The number of carbonyl (C=O) groups excluding carboxylic acids is 7. The molecule has 0 unspecified atom stereocenters. The first kappa shape index (κ1) is 48.7. The van der Waals surface area contributed by atoms with E-state index in [0.29, 0.717) is 30.3 Å². The number of benzene rings is 1. The van der Waals surface area contributed by atoms with Gasteiger partial charge >= 0.3 is 0 Å². The summed E-state index contributed by atoms with van der Waals surface area (Å²) in [6.45, 7) is 1.07. The highest BCUT2D eigenvalue weighted by Gasteiger charge is 2.21. The van der Waals surface area contributed by atoms with Gasteiger partial charge < -0.3 is 75.3 Å². The van der Waals surface area contributed by atoms with Crippen LogP contribution in [0, 0.1) is 0 Å². The molecule has 5 heterocycles. The third kappa shape index (κ3) is 13.2. The zero-order valence-electron chi connectivity index (χ0n) is 37.9. The number of nitrogens with zero attached hydrogens (tertiary/aromatic N) is 8. The Kier molecular flexibility index (Phi) is 16.1. The minimum absolute atomic E-state index is 0.0145. The molecule has 358 valence electrons. The molecule has 5 aromatic heterocycles. The summed E-state index contributed by atoms with van der Waals surface area (Å²) in [6, 6.07) is 9.95. The smallest absolute Gasteiger partial charge is 0.291 e. The second-order valence-electron chi connectivity index (χ2n) is 15.2. The van der Waals surface area contributed by atoms with Gasteiger partial charge in [0, 0.05) is 111 Å². The van der Waals surface area contributed by atoms with Crippen molar-refractivity contribution >= 4 is 70.0 Å². The van der Waals surface area contributed by atoms with Crippen LogP contribution in [0.25, 0.3) is 0 Å². The molecule has 1 aromatic carbocycles. The van der Waals surface area contributed by atoms with Crippen LogP contribution in [0.2, 0.25) is 0 Å². The molecule has 25 heteroatoms. The van der Waals surface area contributed by atoms with Crippen molar-refractivity contribution in [2.75, 3.05) is 66.5 Å². The molecule has 0 bridgehead atoms. The van der Waals surface area contributed by atoms with E-state index in [2.05, 4.69) is 52.2 Å². The molecule has 6 rings (SSSR count). The van der Waals surface area contributed by atoms with E-state index in [9.17, 15) is 33.6 Å². The Bertz CT molecular complexity index is 2800. The number of amides is 7. The fourth-order valence-corrected chi connectivity index (χ4v) is 6.52. The molecule has 68 heavy (non-hydrogen) atoms. The van der Waals surface area contributed by atoms with E-state index in [1.165, 1.54) is 55.2 Å². The van der Waals surface area contributed by atoms with Gasteiger partial charge in [-0.05, 0) is 36.4 Å². The summed E-state index contributed by atoms with van der Waals surface area (Å²) < 4.78 is 18.5. The second-order valence-corrected chi connectivity index (χ2v) is 15.2. The second kappa shape index (κ2) is 22.4. The highest BCUT2D eigenvalue weighted by Crippen LogP contribution is 2.17. The Balaban J connectivity index is 0.874. The number of rotatable bonds is 22. The fraction of sp³-hybridized carbons (Fsp3) is 0.302. The zero-order valence-corrected chi connectivity index (χ0v) is 37.9. The van der Waals surface area contributed by atoms with E-state index in [0.717, 1.165) is 0 Å². The first-order chi connectivity index (χ1) is 32.5. The van der Waals surface area contributed by atoms with E-state index >= 15 is 0 Å². The monoisotopic (exact) mass is 936 g/mol. The number of aromatic nitrogens is 8. The Morgan fingerprint density at radius 3 is 1.56 bits per heavy atom. The summed E-state index contributed by atoms with van der Waals surface area (Å²) in [5.41, 5.74) is 7.43. The molecule has 0 saturated carbocycles. The maximum Gasteiger partial charge on any atom is 0.291 e. The van der Waals surface area contributed by atoms with E-state index in [1.54, 1.807) is 76.5 Å². The minimum Gasteiger partial charge on any atom is -0.491 e. The van der Waals surface area contributed by atoms with Crippen molar-refractivity contribution in [3.05, 3.63) is 102 Å². The highest BCUT2D eigenvalue weighted by molar-refractivity contribution is 6.04. The molecule has 0 aliphatic heterocycles. The number of nitrogens with one attached hydrogen (secondary N) is 7. The lowest BCUT2D eigenvalue weighted by Crippen LogP contribution is -2.30. The van der Waals surface area contributed by atoms with Crippen LogP contribution in [0.5, 0.6) is 5.75 Å². The van der Waals surface area contributed by atoms with Crippen molar-refractivity contribution in [3.63, 3.8) is 0 Å². The largest absolute Gasteiger partial charge is 0.491 e. The summed E-state index contributed by atoms with van der Waals surface area (Å²) in [7, 11) is 8.12. The van der Waals surface area contributed by atoms with Crippen LogP contribution < -0.4 is 47.7 Å². The topological polar surface area (TPSA) is 312 Å². The van der Waals surface area contributed by atoms with Crippen molar-refractivity contribution in [1.29, 1.82) is 0 Å². The predicted octanol–water partition coefficient (Wildman–Crippen LogP) is 0.994. The third-order valence-electron chi connectivity index (χ3n) is 9.89. The van der Waals surface area contributed by atoms with Crippen LogP contribution in [0.1, 0.15) is 65.7 Å².